The summed E-state index contributed by atoms with van der Waals surface area (Å²) in [4.78, 5) is 40.1. The maximum Gasteiger partial charge on any atom is 1.00 e. The number of hydrogen-bond acceptors (Lipinski definition) is 7. The Hall–Kier alpha value is -1.12. The van der Waals surface area contributed by atoms with Gasteiger partial charge in [0.1, 0.15) is 6.04 Å². The molecule has 0 spiro atoms. The summed E-state index contributed by atoms with van der Waals surface area (Å²) in [6.45, 7) is 5.15. The molecular formula is C46H86NNaO7. The van der Waals surface area contributed by atoms with Crippen molar-refractivity contribution < 1.29 is 63.6 Å². The van der Waals surface area contributed by atoms with Gasteiger partial charge in [-0.25, -0.2) is 4.79 Å². The van der Waals surface area contributed by atoms with E-state index in [1.807, 2.05) is 0 Å². The molecule has 9 heteroatoms. The molecule has 0 aromatic carbocycles. The quantitative estimate of drug-likeness (QED) is 0.0215. The second-order valence-corrected chi connectivity index (χ2v) is 15.8. The van der Waals surface area contributed by atoms with Crippen LogP contribution in [-0.4, -0.2) is 48.2 Å². The molecule has 0 aliphatic rings. The fourth-order valence-electron chi connectivity index (χ4n) is 6.95. The molecule has 0 rings (SSSR count). The number of nitrogens with zero attached hydrogens (tertiary/aromatic N) is 1. The maximum atomic E-state index is 12.8. The van der Waals surface area contributed by atoms with E-state index in [1.165, 1.54) is 167 Å². The Labute approximate surface area is 361 Å². The SMILES string of the molecule is CCCCCCCCCCCCCCCCCCOC(=O)CC[C@H](N=C([O-])CCCC(=O)O)C(=O)OCCCCCCCCCCCCCCCCCC.[Na+]. The summed E-state index contributed by atoms with van der Waals surface area (Å²) in [6, 6.07) is -1.08. The van der Waals surface area contributed by atoms with Crippen LogP contribution in [-0.2, 0) is 23.9 Å². The minimum atomic E-state index is -1.08. The van der Waals surface area contributed by atoms with Gasteiger partial charge in [-0.05, 0) is 38.0 Å². The number of carbonyl (C=O) groups is 3. The molecule has 1 atom stereocenters. The molecule has 0 amide bonds. The van der Waals surface area contributed by atoms with Crippen LogP contribution in [0.5, 0.6) is 0 Å². The van der Waals surface area contributed by atoms with Crippen LogP contribution in [0.2, 0.25) is 0 Å². The molecule has 0 aliphatic heterocycles. The number of ether oxygens (including phenoxy) is 2. The molecule has 0 radical (unpaired) electrons. The largest absolute Gasteiger partial charge is 1.00 e. The van der Waals surface area contributed by atoms with Crippen molar-refractivity contribution in [2.45, 2.75) is 257 Å². The smallest absolute Gasteiger partial charge is 0.862 e. The number of aliphatic imine (C=N–C) groups is 1. The van der Waals surface area contributed by atoms with Crippen molar-refractivity contribution in [3.8, 4) is 0 Å². The first-order valence-electron chi connectivity index (χ1n) is 23.2. The van der Waals surface area contributed by atoms with Gasteiger partial charge < -0.3 is 19.7 Å². The second-order valence-electron chi connectivity index (χ2n) is 15.8. The molecule has 0 bridgehead atoms. The molecule has 0 aromatic heterocycles. The van der Waals surface area contributed by atoms with E-state index in [0.29, 0.717) is 6.61 Å². The Bertz CT molecular complexity index is 884. The molecule has 0 heterocycles. The second kappa shape index (κ2) is 45.6. The zero-order valence-corrected chi connectivity index (χ0v) is 38.5. The zero-order chi connectivity index (χ0) is 39.6. The predicted octanol–water partition coefficient (Wildman–Crippen LogP) is 9.76. The molecule has 318 valence electrons. The van der Waals surface area contributed by atoms with E-state index in [-0.39, 0.29) is 68.3 Å². The van der Waals surface area contributed by atoms with Crippen LogP contribution in [0.4, 0.5) is 0 Å². The average molecular weight is 788 g/mol. The number of carboxylic acid groups (broad SMARTS) is 1. The first kappa shape index (κ1) is 56.0. The Morgan fingerprint density at radius 1 is 0.473 bits per heavy atom. The van der Waals surface area contributed by atoms with Crippen LogP contribution < -0.4 is 34.7 Å². The summed E-state index contributed by atoms with van der Waals surface area (Å²) in [5, 5.41) is 21.2. The third-order valence-corrected chi connectivity index (χ3v) is 10.5. The Morgan fingerprint density at radius 2 is 0.800 bits per heavy atom. The Kier molecular flexibility index (Phi) is 46.4. The van der Waals surface area contributed by atoms with Gasteiger partial charge in [0.05, 0.1) is 13.2 Å². The van der Waals surface area contributed by atoms with E-state index in [0.717, 1.165) is 38.5 Å². The van der Waals surface area contributed by atoms with Gasteiger partial charge in [-0.1, -0.05) is 206 Å². The number of aliphatic carboxylic acids is 1. The summed E-state index contributed by atoms with van der Waals surface area (Å²) in [5.41, 5.74) is 0. The third-order valence-electron chi connectivity index (χ3n) is 10.5. The first-order valence-corrected chi connectivity index (χ1v) is 23.2. The minimum absolute atomic E-state index is 0. The first-order chi connectivity index (χ1) is 26.4. The molecule has 0 unspecified atom stereocenters. The summed E-state index contributed by atoms with van der Waals surface area (Å²) >= 11 is 0. The van der Waals surface area contributed by atoms with E-state index < -0.39 is 29.8 Å². The number of unbranched alkanes of at least 4 members (excludes halogenated alkanes) is 30. The maximum absolute atomic E-state index is 12.8. The fraction of sp³-hybridized carbons (Fsp3) is 0.913. The van der Waals surface area contributed by atoms with E-state index >= 15 is 0 Å². The average Bonchev–Trinajstić information content (AvgIpc) is 3.15. The molecule has 0 fully saturated rings. The van der Waals surface area contributed by atoms with Gasteiger partial charge in [0.25, 0.3) is 0 Å². The van der Waals surface area contributed by atoms with Gasteiger partial charge >= 0.3 is 47.5 Å². The summed E-state index contributed by atoms with van der Waals surface area (Å²) in [7, 11) is 0. The summed E-state index contributed by atoms with van der Waals surface area (Å²) < 4.78 is 10.9. The molecule has 0 saturated carbocycles. The van der Waals surface area contributed by atoms with Gasteiger partial charge in [-0.2, -0.15) is 0 Å². The van der Waals surface area contributed by atoms with Crippen molar-refractivity contribution >= 4 is 23.8 Å². The van der Waals surface area contributed by atoms with Gasteiger partial charge in [-0.15, -0.1) is 0 Å². The van der Waals surface area contributed by atoms with Gasteiger partial charge in [-0.3, -0.25) is 14.6 Å². The minimum Gasteiger partial charge on any atom is -0.862 e. The van der Waals surface area contributed by atoms with Crippen LogP contribution in [0.25, 0.3) is 0 Å². The van der Waals surface area contributed by atoms with E-state index in [4.69, 9.17) is 14.6 Å². The van der Waals surface area contributed by atoms with Crippen molar-refractivity contribution in [1.29, 1.82) is 0 Å². The van der Waals surface area contributed by atoms with Gasteiger partial charge in [0, 0.05) is 12.8 Å². The molecule has 0 aromatic rings. The van der Waals surface area contributed by atoms with Crippen molar-refractivity contribution in [2.75, 3.05) is 13.2 Å². The summed E-state index contributed by atoms with van der Waals surface area (Å²) in [6.07, 6.45) is 40.7. The standard InChI is InChI=1S/C46H87NO7.Na/c1-3-5-7-9-11-13-15-17-19-21-23-25-27-29-31-33-40-53-45(51)39-38-42(47-43(48)36-35-37-44(49)50)46(52)54-41-34-32-30-28-26-24-22-20-18-16-14-12-10-8-6-4-2;/h42H,3-41H2,1-2H3,(H,47,48)(H,49,50);/q;+1/p-1/t42-;/m0./s1. The Morgan fingerprint density at radius 3 is 1.15 bits per heavy atom. The fourth-order valence-corrected chi connectivity index (χ4v) is 6.95. The number of carboxylic acids is 1. The molecule has 0 aliphatic carbocycles. The molecule has 0 saturated heterocycles. The predicted molar refractivity (Wildman–Crippen MR) is 223 cm³/mol. The topological polar surface area (TPSA) is 125 Å². The van der Waals surface area contributed by atoms with Crippen LogP contribution in [0.1, 0.15) is 251 Å². The van der Waals surface area contributed by atoms with Crippen molar-refractivity contribution in [3.63, 3.8) is 0 Å². The van der Waals surface area contributed by atoms with Crippen molar-refractivity contribution in [3.05, 3.63) is 0 Å². The number of hydrogen-bond donors (Lipinski definition) is 1. The number of esters is 2. The van der Waals surface area contributed by atoms with Crippen LogP contribution in [0.3, 0.4) is 0 Å². The Balaban J connectivity index is 0. The normalized spacial score (nSPS) is 12.0. The molecule has 8 nitrogen and oxygen atoms in total. The zero-order valence-electron chi connectivity index (χ0n) is 36.5. The van der Waals surface area contributed by atoms with Crippen LogP contribution in [0.15, 0.2) is 4.99 Å². The third kappa shape index (κ3) is 43.8. The van der Waals surface area contributed by atoms with Crippen LogP contribution >= 0.6 is 0 Å². The van der Waals surface area contributed by atoms with E-state index in [2.05, 4.69) is 18.8 Å². The molecule has 55 heavy (non-hydrogen) atoms. The van der Waals surface area contributed by atoms with Crippen molar-refractivity contribution in [2.24, 2.45) is 4.99 Å². The van der Waals surface area contributed by atoms with E-state index in [1.54, 1.807) is 0 Å². The molecular weight excluding hydrogens is 701 g/mol. The van der Waals surface area contributed by atoms with Gasteiger partial charge in [0.2, 0.25) is 0 Å². The molecule has 1 N–H and O–H groups in total. The summed E-state index contributed by atoms with van der Waals surface area (Å²) in [5.74, 6) is -2.53. The van der Waals surface area contributed by atoms with Crippen LogP contribution in [0, 0.1) is 0 Å². The number of carbonyl (C=O) groups excluding carboxylic acids is 2. The van der Waals surface area contributed by atoms with E-state index in [9.17, 15) is 19.5 Å². The van der Waals surface area contributed by atoms with Gasteiger partial charge in [0.15, 0.2) is 0 Å². The van der Waals surface area contributed by atoms with Crippen molar-refractivity contribution in [1.82, 2.24) is 0 Å². The number of rotatable bonds is 43. The monoisotopic (exact) mass is 788 g/mol.